The molecule has 0 saturated carbocycles. The molecule has 9 heteroatoms. The molecule has 0 aliphatic carbocycles. The van der Waals surface area contributed by atoms with Crippen LogP contribution >= 0.6 is 24.0 Å². The van der Waals surface area contributed by atoms with Gasteiger partial charge in [-0.05, 0) is 71.4 Å². The Hall–Kier alpha value is -1.36. The topological polar surface area (TPSA) is 86.0 Å². The zero-order chi connectivity index (χ0) is 22.2. The molecule has 0 bridgehead atoms. The summed E-state index contributed by atoms with van der Waals surface area (Å²) in [6, 6.07) is 0. The molecule has 0 atom stereocenters. The minimum atomic E-state index is 0. The van der Waals surface area contributed by atoms with Gasteiger partial charge >= 0.3 is 0 Å². The van der Waals surface area contributed by atoms with Gasteiger partial charge in [-0.1, -0.05) is 0 Å². The first-order chi connectivity index (χ1) is 15.0. The van der Waals surface area contributed by atoms with Crippen molar-refractivity contribution in [3.05, 3.63) is 17.3 Å². The Labute approximate surface area is 210 Å². The van der Waals surface area contributed by atoms with Crippen LogP contribution in [0.2, 0.25) is 0 Å². The molecule has 8 nitrogen and oxygen atoms in total. The second-order valence-corrected chi connectivity index (χ2v) is 8.97. The van der Waals surface area contributed by atoms with Gasteiger partial charge in [0.05, 0.1) is 12.2 Å². The molecule has 182 valence electrons. The van der Waals surface area contributed by atoms with Crippen LogP contribution in [0, 0.1) is 25.7 Å². The number of amides is 1. The number of guanidine groups is 1. The lowest BCUT2D eigenvalue weighted by Crippen LogP contribution is -2.46. The van der Waals surface area contributed by atoms with Crippen LogP contribution in [-0.2, 0) is 11.3 Å². The zero-order valence-corrected chi connectivity index (χ0v) is 22.5. The van der Waals surface area contributed by atoms with E-state index in [1.165, 1.54) is 0 Å². The Morgan fingerprint density at radius 3 is 2.34 bits per heavy atom. The van der Waals surface area contributed by atoms with Crippen molar-refractivity contribution in [2.45, 2.75) is 59.4 Å². The Morgan fingerprint density at radius 1 is 1.12 bits per heavy atom. The average molecular weight is 561 g/mol. The van der Waals surface area contributed by atoms with Gasteiger partial charge in [0, 0.05) is 39.6 Å². The van der Waals surface area contributed by atoms with E-state index >= 15 is 0 Å². The van der Waals surface area contributed by atoms with Crippen LogP contribution in [0.5, 0.6) is 0 Å². The van der Waals surface area contributed by atoms with E-state index in [-0.39, 0.29) is 29.9 Å². The van der Waals surface area contributed by atoms with Crippen LogP contribution < -0.4 is 10.6 Å². The first kappa shape index (κ1) is 26.9. The number of piperidine rings is 2. The van der Waals surface area contributed by atoms with E-state index in [9.17, 15) is 4.79 Å². The fraction of sp³-hybridized carbons (Fsp3) is 0.783. The van der Waals surface area contributed by atoms with Gasteiger partial charge in [0.2, 0.25) is 11.8 Å². The monoisotopic (exact) mass is 560 g/mol. The summed E-state index contributed by atoms with van der Waals surface area (Å²) in [4.78, 5) is 26.0. The largest absolute Gasteiger partial charge is 0.444 e. The molecule has 1 aromatic rings. The molecule has 0 aromatic carbocycles. The molecule has 1 aromatic heterocycles. The highest BCUT2D eigenvalue weighted by atomic mass is 127. The summed E-state index contributed by atoms with van der Waals surface area (Å²) in [5.74, 6) is 4.06. The number of nitrogens with one attached hydrogen (secondary N) is 2. The van der Waals surface area contributed by atoms with Gasteiger partial charge in [-0.25, -0.2) is 4.98 Å². The van der Waals surface area contributed by atoms with E-state index in [0.29, 0.717) is 18.3 Å². The van der Waals surface area contributed by atoms with Gasteiger partial charge in [0.15, 0.2) is 5.96 Å². The van der Waals surface area contributed by atoms with Crippen molar-refractivity contribution in [2.24, 2.45) is 16.8 Å². The first-order valence-electron chi connectivity index (χ1n) is 11.9. The Morgan fingerprint density at radius 2 is 1.78 bits per heavy atom. The zero-order valence-electron chi connectivity index (χ0n) is 20.2. The molecule has 1 amide bonds. The molecule has 2 fully saturated rings. The van der Waals surface area contributed by atoms with Gasteiger partial charge < -0.3 is 20.0 Å². The lowest BCUT2D eigenvalue weighted by molar-refractivity contribution is -0.121. The van der Waals surface area contributed by atoms with E-state index in [0.717, 1.165) is 94.8 Å². The molecule has 2 aliphatic rings. The summed E-state index contributed by atoms with van der Waals surface area (Å²) in [6.45, 7) is 12.8. The van der Waals surface area contributed by atoms with Crippen LogP contribution in [0.25, 0.3) is 0 Å². The summed E-state index contributed by atoms with van der Waals surface area (Å²) < 4.78 is 5.74. The van der Waals surface area contributed by atoms with Gasteiger partial charge in [0.1, 0.15) is 5.76 Å². The number of nitrogens with zero attached hydrogens (tertiary/aromatic N) is 4. The lowest BCUT2D eigenvalue weighted by atomic mass is 9.93. The Balaban J connectivity index is 0.00000363. The van der Waals surface area contributed by atoms with E-state index in [4.69, 9.17) is 9.41 Å². The number of carbonyl (C=O) groups excluding carboxylic acids is 1. The summed E-state index contributed by atoms with van der Waals surface area (Å²) in [6.07, 6.45) is 5.07. The molecule has 32 heavy (non-hydrogen) atoms. The second kappa shape index (κ2) is 13.4. The van der Waals surface area contributed by atoms with Crippen molar-refractivity contribution in [1.82, 2.24) is 25.4 Å². The Kier molecular flexibility index (Phi) is 11.2. The molecule has 0 radical (unpaired) electrons. The SMILES string of the molecule is CCNC(=NCC1CCN(Cc2nc(C)c(C)o2)CC1)N1CCC(CC(=O)NC)CC1.I. The number of hydrogen-bond acceptors (Lipinski definition) is 5. The van der Waals surface area contributed by atoms with E-state index in [2.05, 4.69) is 32.3 Å². The van der Waals surface area contributed by atoms with Crippen LogP contribution in [0.4, 0.5) is 0 Å². The van der Waals surface area contributed by atoms with Crippen molar-refractivity contribution in [3.63, 3.8) is 0 Å². The van der Waals surface area contributed by atoms with E-state index in [1.807, 2.05) is 13.8 Å². The van der Waals surface area contributed by atoms with Gasteiger partial charge in [-0.3, -0.25) is 14.7 Å². The molecule has 2 N–H and O–H groups in total. The van der Waals surface area contributed by atoms with E-state index in [1.54, 1.807) is 7.05 Å². The molecular formula is C23H41IN6O2. The number of halogens is 1. The first-order valence-corrected chi connectivity index (χ1v) is 11.9. The van der Waals surface area contributed by atoms with Gasteiger partial charge in [-0.15, -0.1) is 24.0 Å². The molecule has 0 spiro atoms. The number of rotatable bonds is 7. The predicted octanol–water partition coefficient (Wildman–Crippen LogP) is 2.94. The minimum Gasteiger partial charge on any atom is -0.444 e. The van der Waals surface area contributed by atoms with Crippen molar-refractivity contribution in [1.29, 1.82) is 0 Å². The molecule has 3 heterocycles. The summed E-state index contributed by atoms with van der Waals surface area (Å²) in [7, 11) is 1.72. The average Bonchev–Trinajstić information content (AvgIpc) is 3.09. The number of aromatic nitrogens is 1. The molecule has 2 aliphatic heterocycles. The maximum absolute atomic E-state index is 11.6. The van der Waals surface area contributed by atoms with Crippen molar-refractivity contribution in [3.8, 4) is 0 Å². The van der Waals surface area contributed by atoms with Crippen molar-refractivity contribution < 1.29 is 9.21 Å². The highest BCUT2D eigenvalue weighted by Gasteiger charge is 2.24. The van der Waals surface area contributed by atoms with E-state index < -0.39 is 0 Å². The van der Waals surface area contributed by atoms with Gasteiger partial charge in [0.25, 0.3) is 0 Å². The summed E-state index contributed by atoms with van der Waals surface area (Å²) in [5.41, 5.74) is 0.993. The third-order valence-electron chi connectivity index (χ3n) is 6.64. The standard InChI is InChI=1S/C23H40N6O2.HI/c1-5-25-23(29-12-8-19(9-13-29)14-21(30)24-4)26-15-20-6-10-28(11-7-20)16-22-27-17(2)18(3)31-22;/h19-20H,5-16H2,1-4H3,(H,24,30)(H,25,26);1H. The fourth-order valence-corrected chi connectivity index (χ4v) is 4.48. The highest BCUT2D eigenvalue weighted by Crippen LogP contribution is 2.22. The highest BCUT2D eigenvalue weighted by molar-refractivity contribution is 14.0. The van der Waals surface area contributed by atoms with Crippen LogP contribution in [-0.4, -0.2) is 73.0 Å². The maximum atomic E-state index is 11.6. The number of aryl methyl sites for hydroxylation is 2. The Bertz CT molecular complexity index is 717. The van der Waals surface area contributed by atoms with Crippen LogP contribution in [0.3, 0.4) is 0 Å². The van der Waals surface area contributed by atoms with Gasteiger partial charge in [-0.2, -0.15) is 0 Å². The van der Waals surface area contributed by atoms with Crippen LogP contribution in [0.15, 0.2) is 9.41 Å². The fourth-order valence-electron chi connectivity index (χ4n) is 4.48. The summed E-state index contributed by atoms with van der Waals surface area (Å²) >= 11 is 0. The normalized spacial score (nSPS) is 19.0. The number of likely N-dealkylation sites (tertiary alicyclic amines) is 2. The van der Waals surface area contributed by atoms with Crippen LogP contribution in [0.1, 0.15) is 56.4 Å². The predicted molar refractivity (Wildman–Crippen MR) is 138 cm³/mol. The maximum Gasteiger partial charge on any atom is 0.220 e. The summed E-state index contributed by atoms with van der Waals surface area (Å²) in [5, 5.41) is 6.22. The molecule has 2 saturated heterocycles. The lowest BCUT2D eigenvalue weighted by Gasteiger charge is -2.35. The smallest absolute Gasteiger partial charge is 0.220 e. The number of carbonyl (C=O) groups is 1. The molecule has 3 rings (SSSR count). The quantitative estimate of drug-likeness (QED) is 0.303. The molecule has 0 unspecified atom stereocenters. The number of oxazole rings is 1. The molecular weight excluding hydrogens is 519 g/mol. The third kappa shape index (κ3) is 7.90. The van der Waals surface area contributed by atoms with Crippen molar-refractivity contribution in [2.75, 3.05) is 46.3 Å². The van der Waals surface area contributed by atoms with Crippen molar-refractivity contribution >= 4 is 35.8 Å². The second-order valence-electron chi connectivity index (χ2n) is 8.97. The third-order valence-corrected chi connectivity index (χ3v) is 6.64. The number of aliphatic imine (C=N–C) groups is 1. The minimum absolute atomic E-state index is 0. The number of hydrogen-bond donors (Lipinski definition) is 2.